The van der Waals surface area contributed by atoms with Crippen LogP contribution in [0.1, 0.15) is 16.8 Å². The molecule has 0 fully saturated rings. The highest BCUT2D eigenvalue weighted by atomic mass is 16.5. The maximum atomic E-state index is 13.2. The van der Waals surface area contributed by atoms with E-state index in [1.807, 2.05) is 41.1 Å². The predicted octanol–water partition coefficient (Wildman–Crippen LogP) is 1.65. The van der Waals surface area contributed by atoms with Gasteiger partial charge in [-0.2, -0.15) is 0 Å². The van der Waals surface area contributed by atoms with E-state index < -0.39 is 0 Å². The van der Waals surface area contributed by atoms with Crippen LogP contribution in [0.4, 0.5) is 5.69 Å². The van der Waals surface area contributed by atoms with E-state index in [4.69, 9.17) is 14.5 Å². The molecule has 0 saturated carbocycles. The summed E-state index contributed by atoms with van der Waals surface area (Å²) in [6.07, 6.45) is 0.793. The number of nitrogens with zero attached hydrogens (tertiary/aromatic N) is 3. The van der Waals surface area contributed by atoms with E-state index >= 15 is 0 Å². The molecule has 3 aliphatic rings. The number of fused-ring (bicyclic) bond motifs is 4. The molecule has 5 rings (SSSR count). The molecule has 0 aromatic heterocycles. The second-order valence-electron chi connectivity index (χ2n) is 6.77. The zero-order valence-electron chi connectivity index (χ0n) is 15.4. The van der Waals surface area contributed by atoms with Crippen LogP contribution in [0.2, 0.25) is 0 Å². The number of carbonyl (C=O) groups is 1. The van der Waals surface area contributed by atoms with Gasteiger partial charge in [-0.05, 0) is 24.1 Å². The Kier molecular flexibility index (Phi) is 3.31. The minimum atomic E-state index is -0.0308. The number of allylic oxidation sites excluding steroid dienone is 1. The summed E-state index contributed by atoms with van der Waals surface area (Å²) in [4.78, 5) is 21.9. The van der Waals surface area contributed by atoms with E-state index in [1.54, 1.807) is 20.3 Å². The summed E-state index contributed by atoms with van der Waals surface area (Å²) in [5.41, 5.74) is 3.50. The average molecular weight is 361 g/mol. The van der Waals surface area contributed by atoms with Gasteiger partial charge in [0.25, 0.3) is 5.91 Å². The first-order valence-electron chi connectivity index (χ1n) is 8.87. The molecular formula is C21H19N3O3. The SMILES string of the molecule is COc1cc2c(cc1OC)N(C)C1=C3N=c4ccccc4=C3CCN1C2=O. The van der Waals surface area contributed by atoms with Crippen molar-refractivity contribution in [3.63, 3.8) is 0 Å². The van der Waals surface area contributed by atoms with Gasteiger partial charge in [0.1, 0.15) is 11.5 Å². The van der Waals surface area contributed by atoms with Gasteiger partial charge >= 0.3 is 0 Å². The molecular weight excluding hydrogens is 342 g/mol. The van der Waals surface area contributed by atoms with Crippen LogP contribution in [-0.4, -0.2) is 38.6 Å². The fourth-order valence-corrected chi connectivity index (χ4v) is 4.15. The molecule has 6 heteroatoms. The highest BCUT2D eigenvalue weighted by molar-refractivity contribution is 6.05. The van der Waals surface area contributed by atoms with E-state index in [2.05, 4.69) is 6.07 Å². The molecule has 6 nitrogen and oxygen atoms in total. The quantitative estimate of drug-likeness (QED) is 0.816. The number of methoxy groups -OCH3 is 2. The van der Waals surface area contributed by atoms with Gasteiger partial charge in [0.2, 0.25) is 0 Å². The van der Waals surface area contributed by atoms with Gasteiger partial charge in [-0.25, -0.2) is 4.99 Å². The average Bonchev–Trinajstić information content (AvgIpc) is 3.09. The first kappa shape index (κ1) is 15.9. The van der Waals surface area contributed by atoms with Crippen LogP contribution in [0.5, 0.6) is 11.5 Å². The Hall–Kier alpha value is -3.28. The lowest BCUT2D eigenvalue weighted by Crippen LogP contribution is -2.46. The second kappa shape index (κ2) is 5.61. The van der Waals surface area contributed by atoms with Crippen molar-refractivity contribution in [1.29, 1.82) is 0 Å². The zero-order valence-corrected chi connectivity index (χ0v) is 15.4. The number of hydrogen-bond acceptors (Lipinski definition) is 5. The van der Waals surface area contributed by atoms with Gasteiger partial charge in [0.05, 0.1) is 30.8 Å². The molecule has 2 aromatic rings. The minimum Gasteiger partial charge on any atom is -0.493 e. The number of carbonyl (C=O) groups excluding carboxylic acids is 1. The Morgan fingerprint density at radius 3 is 2.59 bits per heavy atom. The first-order valence-corrected chi connectivity index (χ1v) is 8.87. The van der Waals surface area contributed by atoms with Crippen molar-refractivity contribution >= 4 is 17.2 Å². The Morgan fingerprint density at radius 2 is 1.81 bits per heavy atom. The van der Waals surface area contributed by atoms with Crippen molar-refractivity contribution in [2.24, 2.45) is 4.99 Å². The number of hydrogen-bond donors (Lipinski definition) is 0. The lowest BCUT2D eigenvalue weighted by atomic mass is 9.98. The van der Waals surface area contributed by atoms with Crippen molar-refractivity contribution in [2.45, 2.75) is 6.42 Å². The van der Waals surface area contributed by atoms with Gasteiger partial charge in [-0.15, -0.1) is 0 Å². The largest absolute Gasteiger partial charge is 0.493 e. The Bertz CT molecular complexity index is 1150. The molecule has 2 aromatic carbocycles. The third-order valence-electron chi connectivity index (χ3n) is 5.46. The summed E-state index contributed by atoms with van der Waals surface area (Å²) in [6.45, 7) is 0.634. The molecule has 1 amide bonds. The topological polar surface area (TPSA) is 54.4 Å². The van der Waals surface area contributed by atoms with Gasteiger partial charge in [-0.3, -0.25) is 9.69 Å². The van der Waals surface area contributed by atoms with Gasteiger partial charge in [-0.1, -0.05) is 18.2 Å². The van der Waals surface area contributed by atoms with Crippen molar-refractivity contribution in [2.75, 3.05) is 32.7 Å². The van der Waals surface area contributed by atoms with Crippen LogP contribution in [0.3, 0.4) is 0 Å². The predicted molar refractivity (Wildman–Crippen MR) is 101 cm³/mol. The third kappa shape index (κ3) is 2.07. The Morgan fingerprint density at radius 1 is 1.07 bits per heavy atom. The third-order valence-corrected chi connectivity index (χ3v) is 5.46. The molecule has 0 aliphatic carbocycles. The molecule has 0 radical (unpaired) electrons. The van der Waals surface area contributed by atoms with Crippen molar-refractivity contribution in [3.05, 3.63) is 64.1 Å². The van der Waals surface area contributed by atoms with E-state index in [0.29, 0.717) is 23.6 Å². The number of para-hydroxylation sites is 1. The van der Waals surface area contributed by atoms with Crippen LogP contribution in [0.25, 0.3) is 5.57 Å². The summed E-state index contributed by atoms with van der Waals surface area (Å²) in [5.74, 6) is 1.95. The zero-order chi connectivity index (χ0) is 18.7. The summed E-state index contributed by atoms with van der Waals surface area (Å²) in [5, 5.41) is 2.13. The maximum Gasteiger partial charge on any atom is 0.261 e. The Labute approximate surface area is 156 Å². The number of anilines is 1. The van der Waals surface area contributed by atoms with E-state index in [-0.39, 0.29) is 5.91 Å². The molecule has 0 N–H and O–H groups in total. The normalized spacial score (nSPS) is 17.1. The van der Waals surface area contributed by atoms with Crippen LogP contribution in [0, 0.1) is 0 Å². The van der Waals surface area contributed by atoms with E-state index in [9.17, 15) is 4.79 Å². The minimum absolute atomic E-state index is 0.0308. The van der Waals surface area contributed by atoms with Gasteiger partial charge < -0.3 is 14.4 Å². The lowest BCUT2D eigenvalue weighted by Gasteiger charge is -2.41. The second-order valence-corrected chi connectivity index (χ2v) is 6.77. The van der Waals surface area contributed by atoms with Crippen molar-refractivity contribution in [1.82, 2.24) is 4.90 Å². The van der Waals surface area contributed by atoms with E-state index in [1.165, 1.54) is 10.8 Å². The standard InChI is InChI=1S/C21H19N3O3/c1-23-16-11-18(27-3)17(26-2)10-14(16)21(25)24-9-8-13-12-6-4-5-7-15(12)22-19(13)20(23)24/h4-7,10-11H,8-9H2,1-3H3. The molecule has 3 aliphatic heterocycles. The van der Waals surface area contributed by atoms with Crippen LogP contribution in [-0.2, 0) is 0 Å². The van der Waals surface area contributed by atoms with Crippen molar-refractivity contribution < 1.29 is 14.3 Å². The fraction of sp³-hybridized carbons (Fsp3) is 0.238. The van der Waals surface area contributed by atoms with Gasteiger partial charge in [0.15, 0.2) is 11.5 Å². The Balaban J connectivity index is 1.77. The fourth-order valence-electron chi connectivity index (χ4n) is 4.15. The van der Waals surface area contributed by atoms with E-state index in [0.717, 1.165) is 29.0 Å². The number of benzene rings is 2. The molecule has 0 atom stereocenters. The van der Waals surface area contributed by atoms with Crippen LogP contribution >= 0.6 is 0 Å². The summed E-state index contributed by atoms with van der Waals surface area (Å²) in [7, 11) is 5.14. The maximum absolute atomic E-state index is 13.2. The summed E-state index contributed by atoms with van der Waals surface area (Å²) < 4.78 is 10.8. The number of ether oxygens (including phenoxy) is 2. The van der Waals surface area contributed by atoms with Crippen molar-refractivity contribution in [3.8, 4) is 11.5 Å². The monoisotopic (exact) mass is 361 g/mol. The highest BCUT2D eigenvalue weighted by Gasteiger charge is 2.39. The molecule has 0 saturated heterocycles. The summed E-state index contributed by atoms with van der Waals surface area (Å²) >= 11 is 0. The van der Waals surface area contributed by atoms with Gasteiger partial charge in [0, 0.05) is 24.9 Å². The van der Waals surface area contributed by atoms with Crippen LogP contribution < -0.4 is 24.9 Å². The smallest absolute Gasteiger partial charge is 0.261 e. The lowest BCUT2D eigenvalue weighted by molar-refractivity contribution is 0.0790. The molecule has 0 bridgehead atoms. The molecule has 27 heavy (non-hydrogen) atoms. The molecule has 0 spiro atoms. The number of rotatable bonds is 2. The first-order chi connectivity index (χ1) is 13.1. The highest BCUT2D eigenvalue weighted by Crippen LogP contribution is 2.43. The molecule has 136 valence electrons. The number of amides is 1. The molecule has 0 unspecified atom stereocenters. The van der Waals surface area contributed by atoms with Crippen LogP contribution in [0.15, 0.2) is 52.9 Å². The summed E-state index contributed by atoms with van der Waals surface area (Å²) in [6, 6.07) is 11.8. The molecule has 3 heterocycles.